The predicted molar refractivity (Wildman–Crippen MR) is 75.4 cm³/mol. The minimum Gasteiger partial charge on any atom is -0.443 e. The van der Waals surface area contributed by atoms with Crippen LogP contribution in [0.5, 0.6) is 0 Å². The topological polar surface area (TPSA) is 56.2 Å². The highest BCUT2D eigenvalue weighted by Gasteiger charge is 2.16. The molecule has 0 aliphatic carbocycles. The van der Waals surface area contributed by atoms with Gasteiger partial charge in [0.2, 0.25) is 5.71 Å². The van der Waals surface area contributed by atoms with Crippen molar-refractivity contribution in [3.63, 3.8) is 0 Å². The Morgan fingerprint density at radius 3 is 2.67 bits per heavy atom. The average Bonchev–Trinajstić information content (AvgIpc) is 3.02. The number of hydrogen-bond donors (Lipinski definition) is 0. The number of rotatable bonds is 1. The molecule has 0 saturated carbocycles. The zero-order valence-electron chi connectivity index (χ0n) is 11.5. The number of aromatic nitrogens is 4. The van der Waals surface area contributed by atoms with Crippen LogP contribution in [0, 0.1) is 19.7 Å². The third-order valence-electron chi connectivity index (χ3n) is 3.61. The van der Waals surface area contributed by atoms with E-state index in [1.165, 1.54) is 12.1 Å². The fraction of sp³-hybridized carbons (Fsp3) is 0.133. The second kappa shape index (κ2) is 4.12. The highest BCUT2D eigenvalue weighted by Crippen LogP contribution is 2.27. The van der Waals surface area contributed by atoms with Crippen LogP contribution in [0.15, 0.2) is 35.0 Å². The zero-order chi connectivity index (χ0) is 14.6. The molecule has 3 heterocycles. The minimum absolute atomic E-state index is 0.284. The Labute approximate surface area is 119 Å². The van der Waals surface area contributed by atoms with Gasteiger partial charge in [0.25, 0.3) is 0 Å². The molecule has 0 atom stereocenters. The van der Waals surface area contributed by atoms with Gasteiger partial charge in [0, 0.05) is 11.1 Å². The number of benzene rings is 1. The van der Waals surface area contributed by atoms with Gasteiger partial charge in [-0.25, -0.2) is 18.9 Å². The molecular weight excluding hydrogens is 271 g/mol. The van der Waals surface area contributed by atoms with Crippen LogP contribution in [-0.2, 0) is 0 Å². The lowest BCUT2D eigenvalue weighted by atomic mass is 10.2. The molecule has 6 heteroatoms. The first-order chi connectivity index (χ1) is 10.1. The molecule has 5 nitrogen and oxygen atoms in total. The quantitative estimate of drug-likeness (QED) is 0.537. The lowest BCUT2D eigenvalue weighted by molar-refractivity contribution is 0.563. The fourth-order valence-electron chi connectivity index (χ4n) is 2.37. The maximum atomic E-state index is 13.0. The molecule has 4 aromatic rings. The summed E-state index contributed by atoms with van der Waals surface area (Å²) in [5, 5.41) is 5.25. The van der Waals surface area contributed by atoms with Crippen molar-refractivity contribution in [2.24, 2.45) is 0 Å². The summed E-state index contributed by atoms with van der Waals surface area (Å²) >= 11 is 0. The summed E-state index contributed by atoms with van der Waals surface area (Å²) in [7, 11) is 0. The van der Waals surface area contributed by atoms with Crippen molar-refractivity contribution in [2.75, 3.05) is 0 Å². The van der Waals surface area contributed by atoms with Gasteiger partial charge in [-0.05, 0) is 38.1 Å². The van der Waals surface area contributed by atoms with E-state index in [2.05, 4.69) is 15.1 Å². The summed E-state index contributed by atoms with van der Waals surface area (Å²) in [6.07, 6.45) is 1.57. The number of halogens is 1. The third kappa shape index (κ3) is 1.72. The van der Waals surface area contributed by atoms with Crippen molar-refractivity contribution in [2.45, 2.75) is 13.8 Å². The third-order valence-corrected chi connectivity index (χ3v) is 3.61. The van der Waals surface area contributed by atoms with Gasteiger partial charge in [-0.2, -0.15) is 0 Å². The van der Waals surface area contributed by atoms with E-state index in [1.54, 1.807) is 23.0 Å². The molecule has 1 aromatic carbocycles. The highest BCUT2D eigenvalue weighted by atomic mass is 19.1. The Morgan fingerprint density at radius 2 is 1.90 bits per heavy atom. The highest BCUT2D eigenvalue weighted by molar-refractivity contribution is 5.92. The lowest BCUT2D eigenvalue weighted by Gasteiger charge is -1.92. The molecule has 3 aromatic heterocycles. The lowest BCUT2D eigenvalue weighted by Crippen LogP contribution is -1.90. The van der Waals surface area contributed by atoms with E-state index in [-0.39, 0.29) is 5.82 Å². The molecule has 0 aliphatic heterocycles. The molecule has 0 aliphatic rings. The zero-order valence-corrected chi connectivity index (χ0v) is 11.5. The second-order valence-electron chi connectivity index (χ2n) is 4.92. The molecule has 0 N–H and O–H groups in total. The van der Waals surface area contributed by atoms with Gasteiger partial charge in [-0.1, -0.05) is 0 Å². The van der Waals surface area contributed by atoms with Crippen LogP contribution in [0.4, 0.5) is 4.39 Å². The predicted octanol–water partition coefficient (Wildman–Crippen LogP) is 3.29. The number of aryl methyl sites for hydroxylation is 2. The van der Waals surface area contributed by atoms with E-state index in [0.717, 1.165) is 22.3 Å². The fourth-order valence-corrected chi connectivity index (χ4v) is 2.37. The van der Waals surface area contributed by atoms with E-state index < -0.39 is 0 Å². The smallest absolute Gasteiger partial charge is 0.231 e. The molecule has 0 unspecified atom stereocenters. The van der Waals surface area contributed by atoms with Crippen molar-refractivity contribution < 1.29 is 8.81 Å². The van der Waals surface area contributed by atoms with E-state index in [9.17, 15) is 4.39 Å². The van der Waals surface area contributed by atoms with Gasteiger partial charge in [0.15, 0.2) is 11.5 Å². The maximum Gasteiger partial charge on any atom is 0.231 e. The number of hydrogen-bond acceptors (Lipinski definition) is 4. The van der Waals surface area contributed by atoms with Crippen LogP contribution >= 0.6 is 0 Å². The summed E-state index contributed by atoms with van der Waals surface area (Å²) in [5.41, 5.74) is 3.00. The molecule has 0 fully saturated rings. The molecule has 4 rings (SSSR count). The van der Waals surface area contributed by atoms with Crippen LogP contribution in [0.3, 0.4) is 0 Å². The molecule has 0 saturated heterocycles. The Kier molecular flexibility index (Phi) is 2.35. The summed E-state index contributed by atoms with van der Waals surface area (Å²) < 4.78 is 20.2. The Balaban J connectivity index is 2.01. The standard InChI is InChI=1S/C15H11FN4O/c1-8-9(2)21-15-12(8)14-18-13(19-20(14)7-17-15)10-3-5-11(16)6-4-10/h3-7H,1-2H3. The monoisotopic (exact) mass is 282 g/mol. The van der Waals surface area contributed by atoms with E-state index in [1.807, 2.05) is 13.8 Å². The molecule has 0 amide bonds. The Hall–Kier alpha value is -2.76. The minimum atomic E-state index is -0.284. The van der Waals surface area contributed by atoms with Crippen LogP contribution in [0.25, 0.3) is 28.1 Å². The van der Waals surface area contributed by atoms with Crippen molar-refractivity contribution >= 4 is 16.7 Å². The Bertz CT molecular complexity index is 969. The van der Waals surface area contributed by atoms with Crippen molar-refractivity contribution in [3.05, 3.63) is 47.7 Å². The molecule has 104 valence electrons. The van der Waals surface area contributed by atoms with Gasteiger partial charge in [0.1, 0.15) is 17.9 Å². The first-order valence-electron chi connectivity index (χ1n) is 6.50. The van der Waals surface area contributed by atoms with Crippen LogP contribution in [0.1, 0.15) is 11.3 Å². The van der Waals surface area contributed by atoms with Gasteiger partial charge in [-0.3, -0.25) is 0 Å². The number of fused-ring (bicyclic) bond motifs is 3. The summed E-state index contributed by atoms with van der Waals surface area (Å²) in [6.45, 7) is 3.86. The first kappa shape index (κ1) is 12.0. The maximum absolute atomic E-state index is 13.0. The van der Waals surface area contributed by atoms with E-state index >= 15 is 0 Å². The van der Waals surface area contributed by atoms with Crippen molar-refractivity contribution in [1.82, 2.24) is 19.6 Å². The molecule has 21 heavy (non-hydrogen) atoms. The second-order valence-corrected chi connectivity index (χ2v) is 4.92. The van der Waals surface area contributed by atoms with Crippen LogP contribution < -0.4 is 0 Å². The molecule has 0 spiro atoms. The van der Waals surface area contributed by atoms with Gasteiger partial charge in [0.05, 0.1) is 5.39 Å². The normalized spacial score (nSPS) is 11.6. The van der Waals surface area contributed by atoms with Crippen molar-refractivity contribution in [3.8, 4) is 11.4 Å². The number of furan rings is 1. The van der Waals surface area contributed by atoms with Gasteiger partial charge < -0.3 is 4.42 Å². The molecule has 0 radical (unpaired) electrons. The number of nitrogens with zero attached hydrogens (tertiary/aromatic N) is 4. The van der Waals surface area contributed by atoms with Gasteiger partial charge in [-0.15, -0.1) is 5.10 Å². The Morgan fingerprint density at radius 1 is 1.14 bits per heavy atom. The van der Waals surface area contributed by atoms with Gasteiger partial charge >= 0.3 is 0 Å². The van der Waals surface area contributed by atoms with E-state index in [4.69, 9.17) is 4.42 Å². The van der Waals surface area contributed by atoms with Crippen LogP contribution in [-0.4, -0.2) is 19.6 Å². The SMILES string of the molecule is Cc1oc2ncn3nc(-c4ccc(F)cc4)nc3c2c1C. The summed E-state index contributed by atoms with van der Waals surface area (Å²) in [5.74, 6) is 1.06. The van der Waals surface area contributed by atoms with Crippen LogP contribution in [0.2, 0.25) is 0 Å². The molecular formula is C15H11FN4O. The van der Waals surface area contributed by atoms with E-state index in [0.29, 0.717) is 17.2 Å². The summed E-state index contributed by atoms with van der Waals surface area (Å²) in [4.78, 5) is 8.79. The molecule has 0 bridgehead atoms. The summed E-state index contributed by atoms with van der Waals surface area (Å²) in [6, 6.07) is 6.09. The first-order valence-corrected chi connectivity index (χ1v) is 6.50. The van der Waals surface area contributed by atoms with Crippen molar-refractivity contribution in [1.29, 1.82) is 0 Å². The average molecular weight is 282 g/mol. The largest absolute Gasteiger partial charge is 0.443 e.